The van der Waals surface area contributed by atoms with Crippen LogP contribution in [0.2, 0.25) is 0 Å². The van der Waals surface area contributed by atoms with Gasteiger partial charge in [0.05, 0.1) is 12.7 Å². The van der Waals surface area contributed by atoms with E-state index in [2.05, 4.69) is 70.7 Å². The fourth-order valence-electron chi connectivity index (χ4n) is 4.66. The van der Waals surface area contributed by atoms with Crippen LogP contribution in [0.4, 0.5) is 11.5 Å². The zero-order valence-corrected chi connectivity index (χ0v) is 18.9. The summed E-state index contributed by atoms with van der Waals surface area (Å²) in [4.78, 5) is 9.21. The Labute approximate surface area is 198 Å². The third-order valence-electron chi connectivity index (χ3n) is 6.40. The third-order valence-corrected chi connectivity index (χ3v) is 6.40. The Balaban J connectivity index is 1.58. The number of aryl methyl sites for hydroxylation is 1. The van der Waals surface area contributed by atoms with Crippen LogP contribution in [0.3, 0.4) is 0 Å². The summed E-state index contributed by atoms with van der Waals surface area (Å²) < 4.78 is 11.9. The zero-order chi connectivity index (χ0) is 23.1. The van der Waals surface area contributed by atoms with Gasteiger partial charge in [-0.25, -0.2) is 9.97 Å². The van der Waals surface area contributed by atoms with E-state index in [1.165, 1.54) is 0 Å². The van der Waals surface area contributed by atoms with Gasteiger partial charge in [-0.15, -0.1) is 0 Å². The van der Waals surface area contributed by atoms with Gasteiger partial charge in [-0.2, -0.15) is 0 Å². The normalized spacial score (nSPS) is 14.1. The minimum absolute atomic E-state index is 0.109. The molecule has 2 heterocycles. The molecule has 4 aromatic carbocycles. The predicted molar refractivity (Wildman–Crippen MR) is 134 cm³/mol. The van der Waals surface area contributed by atoms with Crippen molar-refractivity contribution >= 4 is 22.3 Å². The SMILES string of the molecule is COc1ccc(C2c3ccc4ccccc4c3Oc3ncnc(Nc4ccccc4C)c32)cc1. The highest BCUT2D eigenvalue weighted by Gasteiger charge is 2.34. The van der Waals surface area contributed by atoms with E-state index >= 15 is 0 Å². The quantitative estimate of drug-likeness (QED) is 0.317. The van der Waals surface area contributed by atoms with Crippen molar-refractivity contribution in [3.8, 4) is 17.4 Å². The lowest BCUT2D eigenvalue weighted by atomic mass is 9.82. The van der Waals surface area contributed by atoms with Crippen LogP contribution in [0, 0.1) is 6.92 Å². The maximum Gasteiger partial charge on any atom is 0.228 e. The molecule has 0 bridgehead atoms. The summed E-state index contributed by atoms with van der Waals surface area (Å²) in [5, 5.41) is 5.73. The smallest absolute Gasteiger partial charge is 0.228 e. The topological polar surface area (TPSA) is 56.3 Å². The number of fused-ring (bicyclic) bond motifs is 4. The summed E-state index contributed by atoms with van der Waals surface area (Å²) in [7, 11) is 1.68. The van der Waals surface area contributed by atoms with Gasteiger partial charge in [0.15, 0.2) is 0 Å². The number of aromatic nitrogens is 2. The first-order valence-electron chi connectivity index (χ1n) is 11.2. The molecule has 0 aliphatic carbocycles. The first-order valence-corrected chi connectivity index (χ1v) is 11.2. The largest absolute Gasteiger partial charge is 0.497 e. The number of hydrogen-bond donors (Lipinski definition) is 1. The number of nitrogens with one attached hydrogen (secondary N) is 1. The van der Waals surface area contributed by atoms with E-state index < -0.39 is 0 Å². The van der Waals surface area contributed by atoms with Crippen molar-refractivity contribution in [3.05, 3.63) is 114 Å². The summed E-state index contributed by atoms with van der Waals surface area (Å²) in [6, 6.07) is 28.9. The molecule has 5 nitrogen and oxygen atoms in total. The Morgan fingerprint density at radius 2 is 1.65 bits per heavy atom. The fourth-order valence-corrected chi connectivity index (χ4v) is 4.66. The van der Waals surface area contributed by atoms with Crippen LogP contribution in [0.15, 0.2) is 91.3 Å². The molecule has 5 aromatic rings. The minimum atomic E-state index is -0.109. The highest BCUT2D eigenvalue weighted by molar-refractivity contribution is 5.91. The van der Waals surface area contributed by atoms with Crippen molar-refractivity contribution in [3.63, 3.8) is 0 Å². The van der Waals surface area contributed by atoms with E-state index in [0.717, 1.165) is 56.0 Å². The molecule has 1 atom stereocenters. The van der Waals surface area contributed by atoms with E-state index in [-0.39, 0.29) is 5.92 Å². The number of ether oxygens (including phenoxy) is 2. The zero-order valence-electron chi connectivity index (χ0n) is 18.9. The highest BCUT2D eigenvalue weighted by Crippen LogP contribution is 2.51. The molecule has 0 fully saturated rings. The molecule has 1 N–H and O–H groups in total. The second kappa shape index (κ2) is 8.19. The highest BCUT2D eigenvalue weighted by atomic mass is 16.5. The van der Waals surface area contributed by atoms with Gasteiger partial charge in [0.1, 0.15) is 23.6 Å². The van der Waals surface area contributed by atoms with Crippen LogP contribution in [0.25, 0.3) is 10.8 Å². The second-order valence-corrected chi connectivity index (χ2v) is 8.39. The molecule has 1 aromatic heterocycles. The summed E-state index contributed by atoms with van der Waals surface area (Å²) >= 11 is 0. The average molecular weight is 446 g/mol. The van der Waals surface area contributed by atoms with Gasteiger partial charge in [0.2, 0.25) is 5.88 Å². The van der Waals surface area contributed by atoms with Crippen LogP contribution >= 0.6 is 0 Å². The molecule has 0 amide bonds. The maximum atomic E-state index is 6.48. The number of rotatable bonds is 4. The van der Waals surface area contributed by atoms with E-state index in [9.17, 15) is 0 Å². The van der Waals surface area contributed by atoms with Crippen molar-refractivity contribution in [2.75, 3.05) is 12.4 Å². The van der Waals surface area contributed by atoms with Crippen LogP contribution in [-0.4, -0.2) is 17.1 Å². The summed E-state index contributed by atoms with van der Waals surface area (Å²) in [6.07, 6.45) is 1.56. The average Bonchev–Trinajstić information content (AvgIpc) is 2.89. The molecular formula is C29H23N3O2. The lowest BCUT2D eigenvalue weighted by Gasteiger charge is -2.30. The molecule has 0 spiro atoms. The molecule has 0 radical (unpaired) electrons. The van der Waals surface area contributed by atoms with Gasteiger partial charge in [-0.3, -0.25) is 0 Å². The minimum Gasteiger partial charge on any atom is -0.497 e. The predicted octanol–water partition coefficient (Wildman–Crippen LogP) is 6.98. The van der Waals surface area contributed by atoms with E-state index in [1.807, 2.05) is 36.4 Å². The molecule has 0 saturated heterocycles. The third kappa shape index (κ3) is 3.33. The molecule has 34 heavy (non-hydrogen) atoms. The van der Waals surface area contributed by atoms with Crippen molar-refractivity contribution in [1.29, 1.82) is 0 Å². The van der Waals surface area contributed by atoms with Gasteiger partial charge >= 0.3 is 0 Å². The van der Waals surface area contributed by atoms with Crippen LogP contribution in [-0.2, 0) is 0 Å². The summed E-state index contributed by atoms with van der Waals surface area (Å²) in [5.41, 5.74) is 5.25. The number of benzene rings is 4. The fraction of sp³-hybridized carbons (Fsp3) is 0.103. The molecule has 1 unspecified atom stereocenters. The van der Waals surface area contributed by atoms with Gasteiger partial charge in [0.25, 0.3) is 0 Å². The van der Waals surface area contributed by atoms with Crippen molar-refractivity contribution in [2.24, 2.45) is 0 Å². The Morgan fingerprint density at radius 1 is 0.853 bits per heavy atom. The number of methoxy groups -OCH3 is 1. The van der Waals surface area contributed by atoms with Crippen LogP contribution in [0.1, 0.15) is 28.2 Å². The molecular weight excluding hydrogens is 422 g/mol. The van der Waals surface area contributed by atoms with Gasteiger partial charge < -0.3 is 14.8 Å². The first kappa shape index (κ1) is 20.2. The van der Waals surface area contributed by atoms with Gasteiger partial charge in [-0.1, -0.05) is 66.7 Å². The molecule has 0 saturated carbocycles. The maximum absolute atomic E-state index is 6.48. The Morgan fingerprint density at radius 3 is 2.47 bits per heavy atom. The Hall–Kier alpha value is -4.38. The lowest BCUT2D eigenvalue weighted by molar-refractivity contribution is 0.414. The molecule has 5 heteroatoms. The number of nitrogens with zero attached hydrogens (tertiary/aromatic N) is 2. The monoisotopic (exact) mass is 445 g/mol. The van der Waals surface area contributed by atoms with E-state index in [0.29, 0.717) is 5.88 Å². The lowest BCUT2D eigenvalue weighted by Crippen LogP contribution is -2.16. The molecule has 6 rings (SSSR count). The molecule has 1 aliphatic rings. The van der Waals surface area contributed by atoms with Crippen molar-refractivity contribution in [1.82, 2.24) is 9.97 Å². The molecule has 1 aliphatic heterocycles. The summed E-state index contributed by atoms with van der Waals surface area (Å²) in [6.45, 7) is 2.08. The van der Waals surface area contributed by atoms with Gasteiger partial charge in [0, 0.05) is 22.6 Å². The number of para-hydroxylation sites is 1. The van der Waals surface area contributed by atoms with Crippen molar-refractivity contribution < 1.29 is 9.47 Å². The van der Waals surface area contributed by atoms with Crippen molar-refractivity contribution in [2.45, 2.75) is 12.8 Å². The first-order chi connectivity index (χ1) is 16.7. The number of hydrogen-bond acceptors (Lipinski definition) is 5. The van der Waals surface area contributed by atoms with E-state index in [1.54, 1.807) is 13.4 Å². The van der Waals surface area contributed by atoms with Gasteiger partial charge in [-0.05, 0) is 41.6 Å². The summed E-state index contributed by atoms with van der Waals surface area (Å²) in [5.74, 6) is 2.85. The number of anilines is 2. The molecule has 166 valence electrons. The van der Waals surface area contributed by atoms with Crippen LogP contribution < -0.4 is 14.8 Å². The van der Waals surface area contributed by atoms with Crippen LogP contribution in [0.5, 0.6) is 17.4 Å². The Bertz CT molecular complexity index is 1510. The second-order valence-electron chi connectivity index (χ2n) is 8.39. The standard InChI is InChI=1S/C29H23N3O2/c1-18-7-3-6-10-24(18)32-28-26-25(20-11-14-21(33-2)15-12-20)23-16-13-19-8-4-5-9-22(19)27(23)34-29(26)31-17-30-28/h3-17,25H,1-2H3,(H,30,31,32). The van der Waals surface area contributed by atoms with E-state index in [4.69, 9.17) is 9.47 Å². The Kier molecular flexibility index (Phi) is 4.88.